The van der Waals surface area contributed by atoms with Crippen LogP contribution in [-0.2, 0) is 0 Å². The second kappa shape index (κ2) is 2.38. The van der Waals surface area contributed by atoms with Gasteiger partial charge in [-0.25, -0.2) is 0 Å². The molecular formula is C9H14. The van der Waals surface area contributed by atoms with Gasteiger partial charge in [0.05, 0.1) is 0 Å². The molecule has 1 saturated carbocycles. The maximum absolute atomic E-state index is 3.99. The van der Waals surface area contributed by atoms with Crippen molar-refractivity contribution in [3.05, 3.63) is 23.8 Å². The van der Waals surface area contributed by atoms with Gasteiger partial charge < -0.3 is 0 Å². The average Bonchev–Trinajstić information content (AvgIpc) is 2.12. The molecule has 1 atom stereocenters. The van der Waals surface area contributed by atoms with Gasteiger partial charge in [-0.2, -0.15) is 0 Å². The normalized spacial score (nSPS) is 32.0. The van der Waals surface area contributed by atoms with Crippen LogP contribution in [0, 0.1) is 5.92 Å². The van der Waals surface area contributed by atoms with Crippen molar-refractivity contribution in [2.75, 3.05) is 0 Å². The molecule has 0 heteroatoms. The van der Waals surface area contributed by atoms with Crippen molar-refractivity contribution in [3.8, 4) is 0 Å². The molecule has 1 fully saturated rings. The van der Waals surface area contributed by atoms with Gasteiger partial charge in [-0.3, -0.25) is 0 Å². The highest BCUT2D eigenvalue weighted by atomic mass is 14.2. The highest BCUT2D eigenvalue weighted by Gasteiger charge is 2.17. The number of hydrogen-bond donors (Lipinski definition) is 0. The Labute approximate surface area is 57.3 Å². The van der Waals surface area contributed by atoms with E-state index in [1.54, 1.807) is 0 Å². The van der Waals surface area contributed by atoms with E-state index in [1.807, 2.05) is 0 Å². The Kier molecular flexibility index (Phi) is 1.75. The van der Waals surface area contributed by atoms with Gasteiger partial charge in [0.1, 0.15) is 0 Å². The Balaban J connectivity index is 2.78. The van der Waals surface area contributed by atoms with Gasteiger partial charge in [-0.15, -0.1) is 0 Å². The van der Waals surface area contributed by atoms with Crippen LogP contribution < -0.4 is 0 Å². The summed E-state index contributed by atoms with van der Waals surface area (Å²) < 4.78 is 0. The molecule has 0 spiro atoms. The van der Waals surface area contributed by atoms with Gasteiger partial charge in [-0.05, 0) is 31.3 Å². The van der Waals surface area contributed by atoms with Crippen molar-refractivity contribution in [1.29, 1.82) is 0 Å². The molecule has 0 bridgehead atoms. The van der Waals surface area contributed by atoms with Crippen molar-refractivity contribution in [3.63, 3.8) is 0 Å². The van der Waals surface area contributed by atoms with E-state index in [-0.39, 0.29) is 0 Å². The summed E-state index contributed by atoms with van der Waals surface area (Å²) in [6.07, 6.45) is 4.71. The summed E-state index contributed by atoms with van der Waals surface area (Å²) in [6, 6.07) is 0. The maximum Gasteiger partial charge on any atom is -0.0188 e. The fourth-order valence-electron chi connectivity index (χ4n) is 1.53. The lowest BCUT2D eigenvalue weighted by Gasteiger charge is -2.01. The van der Waals surface area contributed by atoms with E-state index in [0.717, 1.165) is 5.92 Å². The zero-order chi connectivity index (χ0) is 6.85. The largest absolute Gasteiger partial charge is 0.0956 e. The van der Waals surface area contributed by atoms with Crippen molar-refractivity contribution in [1.82, 2.24) is 0 Å². The smallest absolute Gasteiger partial charge is 0.0188 e. The van der Waals surface area contributed by atoms with E-state index < -0.39 is 0 Å². The maximum atomic E-state index is 3.99. The highest BCUT2D eigenvalue weighted by molar-refractivity contribution is 5.33. The zero-order valence-electron chi connectivity index (χ0n) is 6.28. The summed E-state index contributed by atoms with van der Waals surface area (Å²) in [7, 11) is 0. The highest BCUT2D eigenvalue weighted by Crippen LogP contribution is 2.33. The lowest BCUT2D eigenvalue weighted by Crippen LogP contribution is -1.87. The van der Waals surface area contributed by atoms with E-state index in [4.69, 9.17) is 0 Å². The van der Waals surface area contributed by atoms with Crippen LogP contribution in [0.25, 0.3) is 0 Å². The minimum atomic E-state index is 0.766. The summed E-state index contributed by atoms with van der Waals surface area (Å²) >= 11 is 0. The van der Waals surface area contributed by atoms with Crippen molar-refractivity contribution < 1.29 is 0 Å². The molecule has 0 aromatic heterocycles. The molecule has 0 radical (unpaired) electrons. The SMILES string of the molecule is C=C1CC[C@@H](C)/C1=C/C. The summed E-state index contributed by atoms with van der Waals surface area (Å²) in [5.74, 6) is 0.766. The molecule has 0 amide bonds. The Hall–Kier alpha value is -0.520. The topological polar surface area (TPSA) is 0 Å². The van der Waals surface area contributed by atoms with E-state index in [9.17, 15) is 0 Å². The van der Waals surface area contributed by atoms with Gasteiger partial charge in [0, 0.05) is 0 Å². The van der Waals surface area contributed by atoms with Gasteiger partial charge in [0.2, 0.25) is 0 Å². The van der Waals surface area contributed by atoms with Gasteiger partial charge >= 0.3 is 0 Å². The molecule has 0 unspecified atom stereocenters. The molecule has 1 aliphatic carbocycles. The third kappa shape index (κ3) is 1.07. The van der Waals surface area contributed by atoms with E-state index in [0.29, 0.717) is 0 Å². The lowest BCUT2D eigenvalue weighted by molar-refractivity contribution is 0.696. The van der Waals surface area contributed by atoms with Crippen LogP contribution in [0.4, 0.5) is 0 Å². The Morgan fingerprint density at radius 3 is 2.56 bits per heavy atom. The van der Waals surface area contributed by atoms with E-state index >= 15 is 0 Å². The molecule has 0 aromatic carbocycles. The van der Waals surface area contributed by atoms with Crippen molar-refractivity contribution in [2.24, 2.45) is 5.92 Å². The van der Waals surface area contributed by atoms with Crippen molar-refractivity contribution >= 4 is 0 Å². The molecule has 0 nitrogen and oxygen atoms in total. The van der Waals surface area contributed by atoms with Gasteiger partial charge in [0.15, 0.2) is 0 Å². The first-order chi connectivity index (χ1) is 4.25. The van der Waals surface area contributed by atoms with E-state index in [1.165, 1.54) is 24.0 Å². The molecule has 0 saturated heterocycles. The third-order valence-electron chi connectivity index (χ3n) is 2.13. The van der Waals surface area contributed by atoms with E-state index in [2.05, 4.69) is 26.5 Å². The van der Waals surface area contributed by atoms with Crippen LogP contribution in [0.15, 0.2) is 23.8 Å². The molecule has 0 heterocycles. The second-order valence-corrected chi connectivity index (χ2v) is 2.79. The fourth-order valence-corrected chi connectivity index (χ4v) is 1.53. The second-order valence-electron chi connectivity index (χ2n) is 2.79. The molecule has 0 aromatic rings. The summed E-state index contributed by atoms with van der Waals surface area (Å²) in [5.41, 5.74) is 2.83. The molecule has 1 rings (SSSR count). The number of allylic oxidation sites excluding steroid dienone is 3. The predicted molar refractivity (Wildman–Crippen MR) is 41.3 cm³/mol. The Morgan fingerprint density at radius 2 is 2.33 bits per heavy atom. The standard InChI is InChI=1S/C9H14/c1-4-9-7(2)5-6-8(9)3/h4,8H,2,5-6H2,1,3H3/b9-4+/t8-/m1/s1. The zero-order valence-corrected chi connectivity index (χ0v) is 6.28. The first kappa shape index (κ1) is 6.60. The Bertz CT molecular complexity index is 151. The summed E-state index contributed by atoms with van der Waals surface area (Å²) in [4.78, 5) is 0. The van der Waals surface area contributed by atoms with Crippen LogP contribution in [0.3, 0.4) is 0 Å². The van der Waals surface area contributed by atoms with Gasteiger partial charge in [0.25, 0.3) is 0 Å². The van der Waals surface area contributed by atoms with Crippen LogP contribution in [0.2, 0.25) is 0 Å². The quantitative estimate of drug-likeness (QED) is 0.463. The molecule has 50 valence electrons. The monoisotopic (exact) mass is 122 g/mol. The van der Waals surface area contributed by atoms with Crippen LogP contribution in [0.1, 0.15) is 26.7 Å². The average molecular weight is 122 g/mol. The van der Waals surface area contributed by atoms with Crippen molar-refractivity contribution in [2.45, 2.75) is 26.7 Å². The third-order valence-corrected chi connectivity index (χ3v) is 2.13. The number of rotatable bonds is 0. The van der Waals surface area contributed by atoms with Gasteiger partial charge in [-0.1, -0.05) is 25.2 Å². The molecule has 9 heavy (non-hydrogen) atoms. The van der Waals surface area contributed by atoms with Crippen LogP contribution in [-0.4, -0.2) is 0 Å². The fraction of sp³-hybridized carbons (Fsp3) is 0.556. The van der Waals surface area contributed by atoms with Crippen LogP contribution >= 0.6 is 0 Å². The molecular weight excluding hydrogens is 108 g/mol. The minimum Gasteiger partial charge on any atom is -0.0956 e. The van der Waals surface area contributed by atoms with Crippen LogP contribution in [0.5, 0.6) is 0 Å². The summed E-state index contributed by atoms with van der Waals surface area (Å²) in [6.45, 7) is 8.36. The predicted octanol–water partition coefficient (Wildman–Crippen LogP) is 2.92. The number of hydrogen-bond acceptors (Lipinski definition) is 0. The first-order valence-corrected chi connectivity index (χ1v) is 3.60. The Morgan fingerprint density at radius 1 is 1.67 bits per heavy atom. The molecule has 1 aliphatic rings. The first-order valence-electron chi connectivity index (χ1n) is 3.60. The lowest BCUT2D eigenvalue weighted by atomic mass is 10.0. The molecule has 0 N–H and O–H groups in total. The minimum absolute atomic E-state index is 0.766. The molecule has 0 aliphatic heterocycles. The summed E-state index contributed by atoms with van der Waals surface area (Å²) in [5, 5.41) is 0.